The molecule has 1 fully saturated rings. The van der Waals surface area contributed by atoms with E-state index in [0.29, 0.717) is 12.5 Å². The molecule has 1 saturated carbocycles. The molecule has 4 nitrogen and oxygen atoms in total. The van der Waals surface area contributed by atoms with Crippen molar-refractivity contribution in [2.75, 3.05) is 11.9 Å². The van der Waals surface area contributed by atoms with E-state index in [1.165, 1.54) is 6.42 Å². The lowest BCUT2D eigenvalue weighted by molar-refractivity contribution is -0.000740. The Hall–Kier alpha value is -1.20. The number of nitrogens with zero attached hydrogens (tertiary/aromatic N) is 2. The van der Waals surface area contributed by atoms with E-state index in [0.717, 1.165) is 40.5 Å². The van der Waals surface area contributed by atoms with Crippen LogP contribution in [0.1, 0.15) is 32.6 Å². The maximum Gasteiger partial charge on any atom is 0.112 e. The molecule has 5 heteroatoms. The number of halogens is 1. The summed E-state index contributed by atoms with van der Waals surface area (Å²) in [6, 6.07) is 3.86. The molecule has 2 unspecified atom stereocenters. The normalized spacial score (nSPS) is 26.0. The molecule has 0 aliphatic heterocycles. The minimum Gasteiger partial charge on any atom is -0.388 e. The van der Waals surface area contributed by atoms with Crippen LogP contribution in [0.25, 0.3) is 11.0 Å². The van der Waals surface area contributed by atoms with Gasteiger partial charge in [0.15, 0.2) is 0 Å². The van der Waals surface area contributed by atoms with Crippen LogP contribution in [0.2, 0.25) is 0 Å². The summed E-state index contributed by atoms with van der Waals surface area (Å²) >= 11 is 3.41. The molecule has 2 aromatic rings. The standard InChI is InChI=1S/C16H20BrN3O/c1-11-3-2-5-16(21,8-11)10-20-13-4-6-18-14-7-12(17)9-19-15(13)14/h4,6-7,9,11,21H,2-3,5,8,10H2,1H3,(H,18,20). The highest BCUT2D eigenvalue weighted by Gasteiger charge is 2.32. The fourth-order valence-electron chi connectivity index (χ4n) is 3.20. The number of hydrogen-bond donors (Lipinski definition) is 2. The first-order chi connectivity index (χ1) is 10.1. The van der Waals surface area contributed by atoms with Crippen LogP contribution in [0.15, 0.2) is 29.0 Å². The molecule has 0 amide bonds. The van der Waals surface area contributed by atoms with E-state index in [1.807, 2.05) is 12.1 Å². The molecule has 2 atom stereocenters. The molecule has 0 spiro atoms. The fraction of sp³-hybridized carbons (Fsp3) is 0.500. The van der Waals surface area contributed by atoms with Crippen LogP contribution in [0.5, 0.6) is 0 Å². The van der Waals surface area contributed by atoms with Crippen molar-refractivity contribution in [3.8, 4) is 0 Å². The van der Waals surface area contributed by atoms with Gasteiger partial charge in [-0.25, -0.2) is 0 Å². The lowest BCUT2D eigenvalue weighted by atomic mass is 9.79. The maximum absolute atomic E-state index is 10.7. The molecular formula is C16H20BrN3O. The van der Waals surface area contributed by atoms with Crippen LogP contribution in [-0.4, -0.2) is 27.2 Å². The Morgan fingerprint density at radius 3 is 3.14 bits per heavy atom. The molecule has 21 heavy (non-hydrogen) atoms. The lowest BCUT2D eigenvalue weighted by Gasteiger charge is -2.35. The zero-order valence-corrected chi connectivity index (χ0v) is 13.7. The van der Waals surface area contributed by atoms with Gasteiger partial charge in [-0.2, -0.15) is 0 Å². The third-order valence-corrected chi connectivity index (χ3v) is 4.65. The predicted octanol–water partition coefficient (Wildman–Crippen LogP) is 3.75. The third kappa shape index (κ3) is 3.35. The van der Waals surface area contributed by atoms with Crippen molar-refractivity contribution >= 4 is 32.7 Å². The Bertz CT molecular complexity index is 648. The average Bonchev–Trinajstić information content (AvgIpc) is 2.44. The van der Waals surface area contributed by atoms with E-state index in [9.17, 15) is 5.11 Å². The number of hydrogen-bond acceptors (Lipinski definition) is 4. The molecule has 3 rings (SSSR count). The largest absolute Gasteiger partial charge is 0.388 e. The van der Waals surface area contributed by atoms with Crippen LogP contribution in [0, 0.1) is 5.92 Å². The van der Waals surface area contributed by atoms with Gasteiger partial charge in [0.25, 0.3) is 0 Å². The van der Waals surface area contributed by atoms with E-state index in [1.54, 1.807) is 12.4 Å². The maximum atomic E-state index is 10.7. The van der Waals surface area contributed by atoms with E-state index in [2.05, 4.69) is 38.1 Å². The van der Waals surface area contributed by atoms with E-state index in [-0.39, 0.29) is 0 Å². The number of rotatable bonds is 3. The van der Waals surface area contributed by atoms with Crippen LogP contribution in [0.4, 0.5) is 5.69 Å². The summed E-state index contributed by atoms with van der Waals surface area (Å²) in [7, 11) is 0. The van der Waals surface area contributed by atoms with Crippen LogP contribution >= 0.6 is 15.9 Å². The first kappa shape index (κ1) is 14.7. The second-order valence-electron chi connectivity index (χ2n) is 6.16. The van der Waals surface area contributed by atoms with Crippen molar-refractivity contribution < 1.29 is 5.11 Å². The summed E-state index contributed by atoms with van der Waals surface area (Å²) in [5.41, 5.74) is 2.01. The number of anilines is 1. The third-order valence-electron chi connectivity index (χ3n) is 4.22. The van der Waals surface area contributed by atoms with Gasteiger partial charge in [0.05, 0.1) is 16.8 Å². The second kappa shape index (κ2) is 5.89. The SMILES string of the molecule is CC1CCCC(O)(CNc2ccnc3cc(Br)cnc23)C1. The summed E-state index contributed by atoms with van der Waals surface area (Å²) in [5, 5.41) is 14.1. The van der Waals surface area contributed by atoms with Crippen molar-refractivity contribution in [2.24, 2.45) is 5.92 Å². The Morgan fingerprint density at radius 1 is 1.48 bits per heavy atom. The molecule has 0 saturated heterocycles. The molecule has 1 aliphatic carbocycles. The summed E-state index contributed by atoms with van der Waals surface area (Å²) in [6.07, 6.45) is 7.59. The minimum absolute atomic E-state index is 0.564. The molecule has 2 aromatic heterocycles. The summed E-state index contributed by atoms with van der Waals surface area (Å²) in [5.74, 6) is 0.591. The Labute approximate surface area is 133 Å². The van der Waals surface area contributed by atoms with Crippen LogP contribution in [-0.2, 0) is 0 Å². The molecule has 0 bridgehead atoms. The van der Waals surface area contributed by atoms with Crippen molar-refractivity contribution in [2.45, 2.75) is 38.2 Å². The molecule has 2 N–H and O–H groups in total. The zero-order valence-electron chi connectivity index (χ0n) is 12.1. The van der Waals surface area contributed by atoms with Crippen molar-refractivity contribution in [3.63, 3.8) is 0 Å². The molecule has 1 aliphatic rings. The van der Waals surface area contributed by atoms with Gasteiger partial charge in [-0.15, -0.1) is 0 Å². The molecule has 112 valence electrons. The Balaban J connectivity index is 1.79. The predicted molar refractivity (Wildman–Crippen MR) is 88.3 cm³/mol. The van der Waals surface area contributed by atoms with E-state index in [4.69, 9.17) is 0 Å². The Kier molecular flexibility index (Phi) is 4.13. The first-order valence-corrected chi connectivity index (χ1v) is 8.22. The summed E-state index contributed by atoms with van der Waals surface area (Å²) < 4.78 is 0.916. The van der Waals surface area contributed by atoms with Crippen LogP contribution in [0.3, 0.4) is 0 Å². The molecule has 0 radical (unpaired) electrons. The second-order valence-corrected chi connectivity index (χ2v) is 7.07. The van der Waals surface area contributed by atoms with Gasteiger partial charge in [-0.05, 0) is 46.8 Å². The number of pyridine rings is 2. The smallest absolute Gasteiger partial charge is 0.112 e. The fourth-order valence-corrected chi connectivity index (χ4v) is 3.52. The Morgan fingerprint density at radius 2 is 2.33 bits per heavy atom. The number of aromatic nitrogens is 2. The lowest BCUT2D eigenvalue weighted by Crippen LogP contribution is -2.41. The van der Waals surface area contributed by atoms with Gasteiger partial charge in [-0.3, -0.25) is 9.97 Å². The van der Waals surface area contributed by atoms with Gasteiger partial charge in [0.2, 0.25) is 0 Å². The summed E-state index contributed by atoms with van der Waals surface area (Å²) in [4.78, 5) is 8.76. The molecule has 2 heterocycles. The molecule has 0 aromatic carbocycles. The number of fused-ring (bicyclic) bond motifs is 1. The topological polar surface area (TPSA) is 58.0 Å². The van der Waals surface area contributed by atoms with Gasteiger partial charge in [-0.1, -0.05) is 19.8 Å². The van der Waals surface area contributed by atoms with Gasteiger partial charge < -0.3 is 10.4 Å². The highest BCUT2D eigenvalue weighted by Crippen LogP contribution is 2.33. The van der Waals surface area contributed by atoms with Crippen molar-refractivity contribution in [3.05, 3.63) is 29.0 Å². The van der Waals surface area contributed by atoms with E-state index >= 15 is 0 Å². The average molecular weight is 350 g/mol. The highest BCUT2D eigenvalue weighted by atomic mass is 79.9. The van der Waals surface area contributed by atoms with Crippen molar-refractivity contribution in [1.29, 1.82) is 0 Å². The monoisotopic (exact) mass is 349 g/mol. The zero-order chi connectivity index (χ0) is 14.9. The highest BCUT2D eigenvalue weighted by molar-refractivity contribution is 9.10. The van der Waals surface area contributed by atoms with Gasteiger partial charge >= 0.3 is 0 Å². The minimum atomic E-state index is -0.609. The first-order valence-electron chi connectivity index (χ1n) is 7.42. The van der Waals surface area contributed by atoms with E-state index < -0.39 is 5.60 Å². The quantitative estimate of drug-likeness (QED) is 0.885. The number of aliphatic hydroxyl groups is 1. The molecular weight excluding hydrogens is 330 g/mol. The van der Waals surface area contributed by atoms with Crippen molar-refractivity contribution in [1.82, 2.24) is 9.97 Å². The number of nitrogens with one attached hydrogen (secondary N) is 1. The summed E-state index contributed by atoms with van der Waals surface area (Å²) in [6.45, 7) is 2.78. The van der Waals surface area contributed by atoms with Gasteiger partial charge in [0, 0.05) is 23.4 Å². The van der Waals surface area contributed by atoms with Crippen LogP contribution < -0.4 is 5.32 Å². The van der Waals surface area contributed by atoms with Gasteiger partial charge in [0.1, 0.15) is 5.52 Å².